The minimum atomic E-state index is 0.730. The molecule has 1 aliphatic rings. The highest BCUT2D eigenvalue weighted by molar-refractivity contribution is 5.64. The van der Waals surface area contributed by atoms with E-state index in [2.05, 4.69) is 22.5 Å². The van der Waals surface area contributed by atoms with Gasteiger partial charge < -0.3 is 15.9 Å². The van der Waals surface area contributed by atoms with Crippen molar-refractivity contribution >= 4 is 11.5 Å². The van der Waals surface area contributed by atoms with Gasteiger partial charge in [0.05, 0.1) is 24.6 Å². The number of ether oxygens (including phenoxy) is 1. The first-order valence-corrected chi connectivity index (χ1v) is 5.64. The lowest BCUT2D eigenvalue weighted by Crippen LogP contribution is -2.41. The fourth-order valence-electron chi connectivity index (χ4n) is 1.77. The molecule has 6 nitrogen and oxygen atoms in total. The number of anilines is 2. The Morgan fingerprint density at radius 1 is 1.44 bits per heavy atom. The van der Waals surface area contributed by atoms with Gasteiger partial charge in [0.15, 0.2) is 5.82 Å². The molecule has 2 heterocycles. The maximum Gasteiger partial charge on any atom is 0.162 e. The van der Waals surface area contributed by atoms with Gasteiger partial charge in [0.2, 0.25) is 0 Å². The number of nitrogen functional groups attached to an aromatic ring is 1. The number of hydrogen-bond acceptors (Lipinski definition) is 5. The van der Waals surface area contributed by atoms with Crippen LogP contribution in [0, 0.1) is 6.92 Å². The van der Waals surface area contributed by atoms with Gasteiger partial charge in [-0.05, 0) is 13.8 Å². The van der Waals surface area contributed by atoms with E-state index in [1.807, 2.05) is 11.6 Å². The average Bonchev–Trinajstić information content (AvgIpc) is 2.58. The van der Waals surface area contributed by atoms with Gasteiger partial charge in [-0.1, -0.05) is 0 Å². The van der Waals surface area contributed by atoms with E-state index >= 15 is 0 Å². The molecule has 0 spiro atoms. The number of rotatable bonds is 3. The second-order valence-electron chi connectivity index (χ2n) is 3.87. The topological polar surface area (TPSA) is 68.3 Å². The number of nitrogens with one attached hydrogen (secondary N) is 1. The lowest BCUT2D eigenvalue weighted by atomic mass is 10.4. The summed E-state index contributed by atoms with van der Waals surface area (Å²) in [5.41, 5.74) is 10.9. The van der Waals surface area contributed by atoms with Gasteiger partial charge >= 0.3 is 0 Å². The Hall–Kier alpha value is -1.27. The Kier molecular flexibility index (Phi) is 3.31. The Morgan fingerprint density at radius 3 is 2.75 bits per heavy atom. The Balaban J connectivity index is 2.12. The van der Waals surface area contributed by atoms with Crippen molar-refractivity contribution in [2.45, 2.75) is 20.4 Å². The van der Waals surface area contributed by atoms with E-state index in [1.54, 1.807) is 0 Å². The summed E-state index contributed by atoms with van der Waals surface area (Å²) in [5, 5.41) is 6.48. The van der Waals surface area contributed by atoms with Crippen LogP contribution in [0.2, 0.25) is 0 Å². The molecular weight excluding hydrogens is 206 g/mol. The molecule has 1 aliphatic heterocycles. The zero-order valence-corrected chi connectivity index (χ0v) is 9.86. The fourth-order valence-corrected chi connectivity index (χ4v) is 1.77. The first-order chi connectivity index (χ1) is 7.72. The summed E-state index contributed by atoms with van der Waals surface area (Å²) >= 11 is 0. The maximum absolute atomic E-state index is 5.99. The number of aromatic nitrogens is 2. The SMILES string of the molecule is CCn1nc(C)c(N)c1NN1CCOCC1. The fraction of sp³-hybridized carbons (Fsp3) is 0.700. The van der Waals surface area contributed by atoms with Crippen LogP contribution in [0.4, 0.5) is 11.5 Å². The molecule has 16 heavy (non-hydrogen) atoms. The van der Waals surface area contributed by atoms with Crippen molar-refractivity contribution in [1.82, 2.24) is 14.8 Å². The summed E-state index contributed by atoms with van der Waals surface area (Å²) in [6.45, 7) is 8.03. The van der Waals surface area contributed by atoms with Crippen LogP contribution < -0.4 is 11.2 Å². The Bertz CT molecular complexity index is 356. The van der Waals surface area contributed by atoms with Crippen LogP contribution in [0.25, 0.3) is 0 Å². The number of hydrazine groups is 1. The van der Waals surface area contributed by atoms with Crippen molar-refractivity contribution in [3.63, 3.8) is 0 Å². The molecule has 1 saturated heterocycles. The Morgan fingerprint density at radius 2 is 2.12 bits per heavy atom. The molecule has 0 unspecified atom stereocenters. The molecule has 0 atom stereocenters. The molecule has 2 rings (SSSR count). The van der Waals surface area contributed by atoms with Crippen molar-refractivity contribution in [2.75, 3.05) is 37.5 Å². The van der Waals surface area contributed by atoms with E-state index in [0.29, 0.717) is 0 Å². The van der Waals surface area contributed by atoms with E-state index < -0.39 is 0 Å². The van der Waals surface area contributed by atoms with E-state index in [0.717, 1.165) is 50.0 Å². The first kappa shape index (κ1) is 11.2. The van der Waals surface area contributed by atoms with E-state index in [1.165, 1.54) is 0 Å². The van der Waals surface area contributed by atoms with Crippen LogP contribution in [-0.4, -0.2) is 41.1 Å². The molecule has 0 amide bonds. The van der Waals surface area contributed by atoms with Gasteiger partial charge in [0.1, 0.15) is 0 Å². The monoisotopic (exact) mass is 225 g/mol. The second-order valence-corrected chi connectivity index (χ2v) is 3.87. The molecule has 6 heteroatoms. The van der Waals surface area contributed by atoms with Gasteiger partial charge in [0.25, 0.3) is 0 Å². The first-order valence-electron chi connectivity index (χ1n) is 5.64. The van der Waals surface area contributed by atoms with Gasteiger partial charge in [-0.25, -0.2) is 9.69 Å². The lowest BCUT2D eigenvalue weighted by molar-refractivity contribution is 0.0493. The number of nitrogens with zero attached hydrogens (tertiary/aromatic N) is 3. The minimum Gasteiger partial charge on any atom is -0.394 e. The molecule has 0 radical (unpaired) electrons. The van der Waals surface area contributed by atoms with Crippen LogP contribution in [-0.2, 0) is 11.3 Å². The van der Waals surface area contributed by atoms with Crippen LogP contribution >= 0.6 is 0 Å². The third-order valence-electron chi connectivity index (χ3n) is 2.75. The van der Waals surface area contributed by atoms with Gasteiger partial charge in [-0.2, -0.15) is 5.10 Å². The zero-order valence-electron chi connectivity index (χ0n) is 9.86. The van der Waals surface area contributed by atoms with Crippen molar-refractivity contribution in [1.29, 1.82) is 0 Å². The van der Waals surface area contributed by atoms with Gasteiger partial charge in [-0.3, -0.25) is 0 Å². The smallest absolute Gasteiger partial charge is 0.162 e. The average molecular weight is 225 g/mol. The number of nitrogens with two attached hydrogens (primary N) is 1. The highest BCUT2D eigenvalue weighted by Gasteiger charge is 2.16. The molecule has 0 bridgehead atoms. The Labute approximate surface area is 95.3 Å². The molecule has 3 N–H and O–H groups in total. The summed E-state index contributed by atoms with van der Waals surface area (Å²) in [4.78, 5) is 0. The number of aryl methyl sites for hydroxylation is 2. The van der Waals surface area contributed by atoms with Gasteiger partial charge in [0, 0.05) is 19.6 Å². The van der Waals surface area contributed by atoms with E-state index in [-0.39, 0.29) is 0 Å². The van der Waals surface area contributed by atoms with E-state index in [9.17, 15) is 0 Å². The summed E-state index contributed by atoms with van der Waals surface area (Å²) in [6, 6.07) is 0. The minimum absolute atomic E-state index is 0.730. The molecule has 1 aromatic heterocycles. The molecule has 1 fully saturated rings. The van der Waals surface area contributed by atoms with Crippen LogP contribution in [0.15, 0.2) is 0 Å². The van der Waals surface area contributed by atoms with Crippen molar-refractivity contribution in [3.8, 4) is 0 Å². The highest BCUT2D eigenvalue weighted by Crippen LogP contribution is 2.22. The number of hydrogen-bond donors (Lipinski definition) is 2. The zero-order chi connectivity index (χ0) is 11.5. The van der Waals surface area contributed by atoms with Crippen LogP contribution in [0.5, 0.6) is 0 Å². The van der Waals surface area contributed by atoms with Crippen LogP contribution in [0.1, 0.15) is 12.6 Å². The summed E-state index contributed by atoms with van der Waals surface area (Å²) < 4.78 is 7.18. The van der Waals surface area contributed by atoms with Crippen LogP contribution in [0.3, 0.4) is 0 Å². The maximum atomic E-state index is 5.99. The third kappa shape index (κ3) is 2.12. The standard InChI is InChI=1S/C10H19N5O/c1-3-15-10(9(11)8(2)12-15)13-14-4-6-16-7-5-14/h13H,3-7,11H2,1-2H3. The molecular formula is C10H19N5O. The molecule has 1 aromatic rings. The summed E-state index contributed by atoms with van der Waals surface area (Å²) in [5.74, 6) is 0.891. The quantitative estimate of drug-likeness (QED) is 0.782. The second kappa shape index (κ2) is 4.71. The lowest BCUT2D eigenvalue weighted by Gasteiger charge is -2.28. The van der Waals surface area contributed by atoms with Crippen molar-refractivity contribution < 1.29 is 4.74 Å². The van der Waals surface area contributed by atoms with Crippen molar-refractivity contribution in [3.05, 3.63) is 5.69 Å². The number of morpholine rings is 1. The normalized spacial score (nSPS) is 17.6. The molecule has 0 aromatic carbocycles. The summed E-state index contributed by atoms with van der Waals surface area (Å²) in [7, 11) is 0. The highest BCUT2D eigenvalue weighted by atomic mass is 16.5. The summed E-state index contributed by atoms with van der Waals surface area (Å²) in [6.07, 6.45) is 0. The van der Waals surface area contributed by atoms with Gasteiger partial charge in [-0.15, -0.1) is 0 Å². The molecule has 0 saturated carbocycles. The molecule has 90 valence electrons. The molecule has 0 aliphatic carbocycles. The van der Waals surface area contributed by atoms with E-state index in [4.69, 9.17) is 10.5 Å². The predicted octanol–water partition coefficient (Wildman–Crippen LogP) is 0.453. The predicted molar refractivity (Wildman–Crippen MR) is 63.1 cm³/mol. The van der Waals surface area contributed by atoms with Crippen molar-refractivity contribution in [2.24, 2.45) is 0 Å². The third-order valence-corrected chi connectivity index (χ3v) is 2.75. The largest absolute Gasteiger partial charge is 0.394 e.